The predicted molar refractivity (Wildman–Crippen MR) is 76.7 cm³/mol. The molecule has 1 heterocycles. The van der Waals surface area contributed by atoms with Gasteiger partial charge in [0.2, 0.25) is 0 Å². The van der Waals surface area contributed by atoms with Gasteiger partial charge in [0.05, 0.1) is 16.7 Å². The molecule has 0 radical (unpaired) electrons. The molecule has 0 aliphatic carbocycles. The summed E-state index contributed by atoms with van der Waals surface area (Å²) in [7, 11) is 0. The summed E-state index contributed by atoms with van der Waals surface area (Å²) in [6.07, 6.45) is 1.93. The van der Waals surface area contributed by atoms with Gasteiger partial charge >= 0.3 is 0 Å². The molecule has 0 aliphatic heterocycles. The average molecular weight is 316 g/mol. The summed E-state index contributed by atoms with van der Waals surface area (Å²) in [5.74, 6) is 0.473. The molecule has 0 bridgehead atoms. The number of hydrogen-bond donors (Lipinski definition) is 2. The highest BCUT2D eigenvalue weighted by molar-refractivity contribution is 7.99. The van der Waals surface area contributed by atoms with Gasteiger partial charge in [-0.25, -0.2) is 4.98 Å². The van der Waals surface area contributed by atoms with Gasteiger partial charge in [-0.05, 0) is 19.2 Å². The number of aromatic nitrogens is 1. The van der Waals surface area contributed by atoms with Crippen LogP contribution in [0, 0.1) is 0 Å². The second-order valence-electron chi connectivity index (χ2n) is 3.48. The lowest BCUT2D eigenvalue weighted by atomic mass is 10.2. The van der Waals surface area contributed by atoms with Crippen LogP contribution >= 0.6 is 46.6 Å². The molecule has 3 nitrogen and oxygen atoms in total. The van der Waals surface area contributed by atoms with Crippen LogP contribution in [0.3, 0.4) is 0 Å². The van der Waals surface area contributed by atoms with Crippen LogP contribution in [-0.4, -0.2) is 34.2 Å². The highest BCUT2D eigenvalue weighted by atomic mass is 35.5. The number of rotatable bonds is 5. The zero-order valence-electron chi connectivity index (χ0n) is 9.38. The van der Waals surface area contributed by atoms with Gasteiger partial charge in [0.25, 0.3) is 0 Å². The van der Waals surface area contributed by atoms with Crippen molar-refractivity contribution in [2.45, 2.75) is 18.2 Å². The van der Waals surface area contributed by atoms with Gasteiger partial charge in [-0.2, -0.15) is 11.8 Å². The minimum Gasteiger partial charge on any atom is -0.395 e. The van der Waals surface area contributed by atoms with E-state index in [1.807, 2.05) is 13.2 Å². The molecule has 7 heteroatoms. The van der Waals surface area contributed by atoms with Crippen LogP contribution in [0.15, 0.2) is 6.07 Å². The molecule has 2 N–H and O–H groups in total. The fourth-order valence-electron chi connectivity index (χ4n) is 1.29. The molecule has 0 saturated carbocycles. The van der Waals surface area contributed by atoms with Gasteiger partial charge in [-0.3, -0.25) is 0 Å². The highest BCUT2D eigenvalue weighted by Crippen LogP contribution is 2.29. The van der Waals surface area contributed by atoms with Crippen molar-refractivity contribution in [3.8, 4) is 0 Å². The molecule has 17 heavy (non-hydrogen) atoms. The van der Waals surface area contributed by atoms with E-state index < -0.39 is 0 Å². The number of nitrogens with one attached hydrogen (secondary N) is 1. The number of hydrogen-bond acceptors (Lipinski definition) is 4. The van der Waals surface area contributed by atoms with Crippen LogP contribution in [0.2, 0.25) is 15.2 Å². The lowest BCUT2D eigenvalue weighted by molar-refractivity contribution is 0.288. The second kappa shape index (κ2) is 6.90. The smallest absolute Gasteiger partial charge is 0.150 e. The summed E-state index contributed by atoms with van der Waals surface area (Å²) in [5, 5.41) is 13.3. The Morgan fingerprint density at radius 3 is 2.59 bits per heavy atom. The number of halogens is 3. The third-order valence-corrected chi connectivity index (χ3v) is 4.42. The van der Waals surface area contributed by atoms with Gasteiger partial charge in [0.1, 0.15) is 11.0 Å². The van der Waals surface area contributed by atoms with Crippen molar-refractivity contribution < 1.29 is 5.11 Å². The standard InChI is InChI=1S/C10H13Cl3N2OS/c1-5(8(4-16)17-2)14-10-7(12)3-6(11)9(13)15-10/h3,5,8,16H,4H2,1-2H3,(H,14,15). The maximum atomic E-state index is 9.18. The maximum absolute atomic E-state index is 9.18. The Balaban J connectivity index is 2.84. The highest BCUT2D eigenvalue weighted by Gasteiger charge is 2.17. The Morgan fingerprint density at radius 1 is 1.41 bits per heavy atom. The summed E-state index contributed by atoms with van der Waals surface area (Å²) >= 11 is 19.2. The van der Waals surface area contributed by atoms with Gasteiger partial charge in [-0.15, -0.1) is 0 Å². The summed E-state index contributed by atoms with van der Waals surface area (Å²) in [6.45, 7) is 2.02. The third-order valence-electron chi connectivity index (χ3n) is 2.29. The molecule has 0 fully saturated rings. The van der Waals surface area contributed by atoms with Crippen LogP contribution in [-0.2, 0) is 0 Å². The Bertz CT molecular complexity index is 388. The van der Waals surface area contributed by atoms with Crippen molar-refractivity contribution >= 4 is 52.4 Å². The molecule has 2 atom stereocenters. The molecule has 1 aromatic rings. The van der Waals surface area contributed by atoms with E-state index in [0.717, 1.165) is 0 Å². The Labute approximate surface area is 120 Å². The van der Waals surface area contributed by atoms with Crippen LogP contribution in [0.25, 0.3) is 0 Å². The first kappa shape index (κ1) is 15.2. The van der Waals surface area contributed by atoms with E-state index in [4.69, 9.17) is 34.8 Å². The van der Waals surface area contributed by atoms with Gasteiger partial charge in [-0.1, -0.05) is 34.8 Å². The molecule has 2 unspecified atom stereocenters. The molecule has 96 valence electrons. The normalized spacial score (nSPS) is 14.5. The monoisotopic (exact) mass is 314 g/mol. The number of aliphatic hydroxyl groups excluding tert-OH is 1. The van der Waals surface area contributed by atoms with Crippen LogP contribution < -0.4 is 5.32 Å². The zero-order chi connectivity index (χ0) is 13.0. The SMILES string of the molecule is CSC(CO)C(C)Nc1nc(Cl)c(Cl)cc1Cl. The summed E-state index contributed by atoms with van der Waals surface area (Å²) < 4.78 is 0. The molecular weight excluding hydrogens is 303 g/mol. The largest absolute Gasteiger partial charge is 0.395 e. The molecule has 1 rings (SSSR count). The van der Waals surface area contributed by atoms with E-state index >= 15 is 0 Å². The van der Waals surface area contributed by atoms with E-state index in [9.17, 15) is 5.11 Å². The van der Waals surface area contributed by atoms with Crippen molar-refractivity contribution in [2.24, 2.45) is 0 Å². The van der Waals surface area contributed by atoms with Crippen molar-refractivity contribution in [3.05, 3.63) is 21.3 Å². The number of thioether (sulfide) groups is 1. The van der Waals surface area contributed by atoms with Crippen molar-refractivity contribution in [3.63, 3.8) is 0 Å². The van der Waals surface area contributed by atoms with Crippen molar-refractivity contribution in [1.29, 1.82) is 0 Å². The topological polar surface area (TPSA) is 45.1 Å². The Morgan fingerprint density at radius 2 is 2.06 bits per heavy atom. The lowest BCUT2D eigenvalue weighted by Gasteiger charge is -2.22. The Hall–Kier alpha value is 0.130. The van der Waals surface area contributed by atoms with Crippen molar-refractivity contribution in [1.82, 2.24) is 4.98 Å². The predicted octanol–water partition coefficient (Wildman–Crippen LogP) is 3.57. The van der Waals surface area contributed by atoms with Gasteiger partial charge < -0.3 is 10.4 Å². The molecule has 0 amide bonds. The fourth-order valence-corrected chi connectivity index (χ4v) is 2.47. The first-order valence-electron chi connectivity index (χ1n) is 4.91. The van der Waals surface area contributed by atoms with Gasteiger partial charge in [0, 0.05) is 11.3 Å². The zero-order valence-corrected chi connectivity index (χ0v) is 12.5. The van der Waals surface area contributed by atoms with E-state index in [-0.39, 0.29) is 23.1 Å². The number of aliphatic hydroxyl groups is 1. The molecule has 1 aromatic heterocycles. The lowest BCUT2D eigenvalue weighted by Crippen LogP contribution is -2.31. The molecular formula is C10H13Cl3N2OS. The second-order valence-corrected chi connectivity index (χ2v) is 5.73. The average Bonchev–Trinajstić information content (AvgIpc) is 2.27. The summed E-state index contributed by atoms with van der Waals surface area (Å²) in [6, 6.07) is 1.55. The molecule has 0 aromatic carbocycles. The molecule has 0 saturated heterocycles. The van der Waals surface area contributed by atoms with Crippen LogP contribution in [0.5, 0.6) is 0 Å². The minimum atomic E-state index is 0.0113. The van der Waals surface area contributed by atoms with Crippen LogP contribution in [0.1, 0.15) is 6.92 Å². The van der Waals surface area contributed by atoms with Crippen molar-refractivity contribution in [2.75, 3.05) is 18.2 Å². The summed E-state index contributed by atoms with van der Waals surface area (Å²) in [4.78, 5) is 4.06. The molecule has 0 spiro atoms. The number of pyridine rings is 1. The maximum Gasteiger partial charge on any atom is 0.150 e. The van der Waals surface area contributed by atoms with Gasteiger partial charge in [0.15, 0.2) is 0 Å². The third kappa shape index (κ3) is 4.07. The number of anilines is 1. The van der Waals surface area contributed by atoms with E-state index in [2.05, 4.69) is 10.3 Å². The first-order chi connectivity index (χ1) is 7.99. The Kier molecular flexibility index (Phi) is 6.17. The van der Waals surface area contributed by atoms with E-state index in [1.165, 1.54) is 0 Å². The van der Waals surface area contributed by atoms with Crippen LogP contribution in [0.4, 0.5) is 5.82 Å². The number of nitrogens with zero attached hydrogens (tertiary/aromatic N) is 1. The summed E-state index contributed by atoms with van der Waals surface area (Å²) in [5.41, 5.74) is 0. The first-order valence-corrected chi connectivity index (χ1v) is 7.33. The minimum absolute atomic E-state index is 0.0113. The van der Waals surface area contributed by atoms with E-state index in [0.29, 0.717) is 15.9 Å². The molecule has 0 aliphatic rings. The fraction of sp³-hybridized carbons (Fsp3) is 0.500. The van der Waals surface area contributed by atoms with E-state index in [1.54, 1.807) is 17.8 Å². The quantitative estimate of drug-likeness (QED) is 0.816.